The van der Waals surface area contributed by atoms with Crippen LogP contribution in [-0.2, 0) is 0 Å². The number of benzene rings is 2. The Balaban J connectivity index is 1.06. The molecule has 0 radical (unpaired) electrons. The quantitative estimate of drug-likeness (QED) is 0.0401. The highest BCUT2D eigenvalue weighted by atomic mass is 127. The first kappa shape index (κ1) is 42.4. The number of aromatic nitrogens is 2. The summed E-state index contributed by atoms with van der Waals surface area (Å²) in [5, 5.41) is 19.1. The van der Waals surface area contributed by atoms with Gasteiger partial charge in [0.05, 0.1) is 10.5 Å². The highest BCUT2D eigenvalue weighted by molar-refractivity contribution is 14.1. The van der Waals surface area contributed by atoms with Crippen molar-refractivity contribution in [1.29, 1.82) is 0 Å². The number of Topliss-reactive ketones (excluding diaryl/α,β-unsaturated/α-hetero) is 1. The van der Waals surface area contributed by atoms with Gasteiger partial charge in [0.25, 0.3) is 17.7 Å². The summed E-state index contributed by atoms with van der Waals surface area (Å²) in [4.78, 5) is 58.5. The first-order chi connectivity index (χ1) is 27.2. The zero-order valence-electron chi connectivity index (χ0n) is 31.0. The van der Waals surface area contributed by atoms with E-state index < -0.39 is 47.7 Å². The lowest BCUT2D eigenvalue weighted by molar-refractivity contribution is 0.0852. The van der Waals surface area contributed by atoms with E-state index in [1.165, 1.54) is 42.5 Å². The first-order valence-corrected chi connectivity index (χ1v) is 20.8. The van der Waals surface area contributed by atoms with Gasteiger partial charge in [-0.15, -0.1) is 0 Å². The third-order valence-electron chi connectivity index (χ3n) is 10.2. The van der Waals surface area contributed by atoms with Crippen LogP contribution in [0.1, 0.15) is 118 Å². The van der Waals surface area contributed by atoms with Gasteiger partial charge in [0.15, 0.2) is 11.5 Å². The maximum absolute atomic E-state index is 14.7. The van der Waals surface area contributed by atoms with E-state index >= 15 is 0 Å². The van der Waals surface area contributed by atoms with Crippen LogP contribution in [0.25, 0.3) is 0 Å². The van der Waals surface area contributed by atoms with Gasteiger partial charge in [-0.05, 0) is 82.6 Å². The smallest absolute Gasteiger partial charge is 0.271 e. The van der Waals surface area contributed by atoms with Crippen molar-refractivity contribution in [2.75, 3.05) is 11.0 Å². The number of amides is 3. The van der Waals surface area contributed by atoms with Crippen molar-refractivity contribution in [2.45, 2.75) is 82.8 Å². The number of nitrogens with one attached hydrogen (secondary N) is 5. The van der Waals surface area contributed by atoms with Gasteiger partial charge in [-0.25, -0.2) is 8.78 Å². The second kappa shape index (κ2) is 18.6. The molecule has 304 valence electrons. The number of ketones is 1. The van der Waals surface area contributed by atoms with Crippen molar-refractivity contribution in [3.63, 3.8) is 0 Å². The predicted octanol–water partition coefficient (Wildman–Crippen LogP) is 7.80. The Hall–Kier alpha value is -4.19. The molecule has 0 spiro atoms. The second-order valence-electron chi connectivity index (χ2n) is 14.4. The lowest BCUT2D eigenvalue weighted by atomic mass is 9.80. The maximum atomic E-state index is 14.7. The number of halogens is 5. The van der Waals surface area contributed by atoms with Crippen LogP contribution in [0.4, 0.5) is 8.78 Å². The van der Waals surface area contributed by atoms with Crippen LogP contribution in [0.2, 0.25) is 10.0 Å². The average Bonchev–Trinajstić information content (AvgIpc) is 3.77. The Bertz CT molecular complexity index is 2130. The number of aromatic amines is 2. The minimum atomic E-state index is -0.843. The summed E-state index contributed by atoms with van der Waals surface area (Å²) in [6, 6.07) is 10.9. The van der Waals surface area contributed by atoms with E-state index in [0.717, 1.165) is 6.07 Å². The average molecular weight is 941 g/mol. The minimum Gasteiger partial charge on any atom is -0.484 e. The molecule has 2 aromatic heterocycles. The van der Waals surface area contributed by atoms with Crippen molar-refractivity contribution in [2.24, 2.45) is 5.92 Å². The third kappa shape index (κ3) is 10.5. The van der Waals surface area contributed by atoms with Crippen molar-refractivity contribution in [3.8, 4) is 11.5 Å². The number of carbonyl (C=O) groups is 4. The zero-order valence-corrected chi connectivity index (χ0v) is 34.7. The Morgan fingerprint density at radius 2 is 1.26 bits per heavy atom. The van der Waals surface area contributed by atoms with E-state index in [1.54, 1.807) is 13.8 Å². The van der Waals surface area contributed by atoms with Gasteiger partial charge in [-0.2, -0.15) is 0 Å². The molecule has 6 N–H and O–H groups in total. The SMILES string of the molecule is CC(Oc1cc(C(=O)NC2CC(CNC(=O)c3[nH]c(C(=O)NC4CCC(O)CC4)cc3OC(C)c3ccc(Cl)cc3F)C2)[nH]c1C(=O)CI)c1ccc(Cl)cc1F. The van der Waals surface area contributed by atoms with Crippen LogP contribution >= 0.6 is 45.8 Å². The molecule has 2 saturated carbocycles. The first-order valence-electron chi connectivity index (χ1n) is 18.5. The Kier molecular flexibility index (Phi) is 13.8. The highest BCUT2D eigenvalue weighted by Crippen LogP contribution is 2.33. The summed E-state index contributed by atoms with van der Waals surface area (Å²) in [5.74, 6) is -2.70. The molecule has 2 unspecified atom stereocenters. The van der Waals surface area contributed by atoms with E-state index in [9.17, 15) is 33.1 Å². The molecule has 0 saturated heterocycles. The molecule has 17 heteroatoms. The summed E-state index contributed by atoms with van der Waals surface area (Å²) in [6.07, 6.45) is 1.46. The van der Waals surface area contributed by atoms with Crippen LogP contribution in [0, 0.1) is 17.6 Å². The third-order valence-corrected chi connectivity index (χ3v) is 11.4. The summed E-state index contributed by atoms with van der Waals surface area (Å²) in [5.41, 5.74) is 0.716. The summed E-state index contributed by atoms with van der Waals surface area (Å²) in [7, 11) is 0. The standard InChI is InChI=1S/C40H42Cl2F2IN5O7/c1-19(27-9-3-22(41)13-29(27)43)56-34-15-31(49-36(34)33(52)17-45)39(54)48-25-11-21(12-25)18-46-40(55)37-35(57-20(2)28-10-4-23(42)14-30(28)44)16-32(50-37)38(53)47-24-5-7-26(51)8-6-24/h3-4,9-10,13-16,19-21,24-26,49-51H,5-8,11-12,17-18H2,1-2H3,(H,46,55)(H,47,53)(H,48,54). The molecule has 2 aromatic carbocycles. The number of hydrogen-bond acceptors (Lipinski definition) is 7. The van der Waals surface area contributed by atoms with Crippen molar-refractivity contribution < 1.29 is 42.5 Å². The van der Waals surface area contributed by atoms with Gasteiger partial charge in [-0.1, -0.05) is 57.9 Å². The van der Waals surface area contributed by atoms with Gasteiger partial charge in [0.1, 0.15) is 52.4 Å². The molecule has 2 atom stereocenters. The monoisotopic (exact) mass is 939 g/mol. The van der Waals surface area contributed by atoms with E-state index in [2.05, 4.69) is 25.9 Å². The normalized spacial score (nSPS) is 20.1. The lowest BCUT2D eigenvalue weighted by Crippen LogP contribution is -2.47. The van der Waals surface area contributed by atoms with Crippen LogP contribution in [-0.4, -0.2) is 67.7 Å². The fraction of sp³-hybridized carbons (Fsp3) is 0.400. The van der Waals surface area contributed by atoms with Gasteiger partial charge < -0.3 is 40.5 Å². The molecule has 6 rings (SSSR count). The van der Waals surface area contributed by atoms with Crippen LogP contribution in [0.5, 0.6) is 11.5 Å². The summed E-state index contributed by atoms with van der Waals surface area (Å²) in [6.45, 7) is 3.49. The molecule has 2 fully saturated rings. The number of ether oxygens (including phenoxy) is 2. The molecule has 3 amide bonds. The number of carbonyl (C=O) groups excluding carboxylic acids is 4. The van der Waals surface area contributed by atoms with Crippen molar-refractivity contribution in [1.82, 2.24) is 25.9 Å². The molecule has 2 aliphatic rings. The number of rotatable bonds is 15. The molecule has 4 aromatic rings. The van der Waals surface area contributed by atoms with Crippen LogP contribution < -0.4 is 25.4 Å². The van der Waals surface area contributed by atoms with Gasteiger partial charge >= 0.3 is 0 Å². The molecule has 0 bridgehead atoms. The topological polar surface area (TPSA) is 175 Å². The lowest BCUT2D eigenvalue weighted by Gasteiger charge is -2.35. The highest BCUT2D eigenvalue weighted by Gasteiger charge is 2.33. The Morgan fingerprint density at radius 1 is 0.772 bits per heavy atom. The van der Waals surface area contributed by atoms with Crippen molar-refractivity contribution >= 4 is 69.3 Å². The number of hydrogen-bond donors (Lipinski definition) is 6. The molecule has 2 heterocycles. The minimum absolute atomic E-state index is 0.0129. The van der Waals surface area contributed by atoms with Gasteiger partial charge in [0.2, 0.25) is 0 Å². The van der Waals surface area contributed by atoms with E-state index in [4.69, 9.17) is 32.7 Å². The molecule has 0 aliphatic heterocycles. The Morgan fingerprint density at radius 3 is 1.77 bits per heavy atom. The molecule has 12 nitrogen and oxygen atoms in total. The molecule has 2 aliphatic carbocycles. The van der Waals surface area contributed by atoms with Crippen LogP contribution in [0.15, 0.2) is 48.5 Å². The number of H-pyrrole nitrogens is 2. The summed E-state index contributed by atoms with van der Waals surface area (Å²) >= 11 is 13.7. The van der Waals surface area contributed by atoms with Gasteiger partial charge in [0, 0.05) is 51.9 Å². The molecular formula is C40H42Cl2F2IN5O7. The Labute approximate surface area is 351 Å². The number of alkyl halides is 1. The number of aliphatic hydroxyl groups excluding tert-OH is 1. The fourth-order valence-corrected chi connectivity index (χ4v) is 7.71. The fourth-order valence-electron chi connectivity index (χ4n) is 7.01. The predicted molar refractivity (Wildman–Crippen MR) is 218 cm³/mol. The zero-order chi connectivity index (χ0) is 41.0. The molecular weight excluding hydrogens is 898 g/mol. The van der Waals surface area contributed by atoms with E-state index in [1.807, 2.05) is 22.6 Å². The van der Waals surface area contributed by atoms with E-state index in [-0.39, 0.29) is 90.2 Å². The largest absolute Gasteiger partial charge is 0.484 e. The van der Waals surface area contributed by atoms with Gasteiger partial charge in [-0.3, -0.25) is 19.2 Å². The summed E-state index contributed by atoms with van der Waals surface area (Å²) < 4.78 is 41.4. The number of aliphatic hydroxyl groups is 1. The van der Waals surface area contributed by atoms with Crippen molar-refractivity contribution in [3.05, 3.63) is 104 Å². The molecule has 57 heavy (non-hydrogen) atoms. The van der Waals surface area contributed by atoms with Crippen LogP contribution in [0.3, 0.4) is 0 Å². The second-order valence-corrected chi connectivity index (χ2v) is 16.1. The van der Waals surface area contributed by atoms with E-state index in [0.29, 0.717) is 38.5 Å². The maximum Gasteiger partial charge on any atom is 0.271 e.